The van der Waals surface area contributed by atoms with Gasteiger partial charge in [0, 0.05) is 44.6 Å². The molecule has 0 radical (unpaired) electrons. The lowest BCUT2D eigenvalue weighted by atomic mass is 10.0. The van der Waals surface area contributed by atoms with Crippen LogP contribution < -0.4 is 20.7 Å². The average molecular weight is 578 g/mol. The Morgan fingerprint density at radius 2 is 1.86 bits per heavy atom. The minimum atomic E-state index is -0.530. The number of nitrogens with one attached hydrogen (secondary N) is 3. The standard InChI is InChI=1S/C28H35N9O5/c1-28(2,3)42-27(40)36-12-16(13-36)14-37-15-30-24(35-37)18-7-6-8-19(23(18)41-5)31-20-11-21(32-25(38)17-9-10-17)33-34-22(20)26(39)29-4/h6-8,11,15-17H,9-10,12-14H2,1-5H3,(H,29,39)(H2,31,32,33,38). The van der Waals surface area contributed by atoms with Gasteiger partial charge < -0.3 is 30.3 Å². The maximum atomic E-state index is 12.5. The molecule has 1 aliphatic carbocycles. The highest BCUT2D eigenvalue weighted by Crippen LogP contribution is 2.37. The molecule has 1 aromatic carbocycles. The number of anilines is 3. The van der Waals surface area contributed by atoms with Gasteiger partial charge in [-0.05, 0) is 45.7 Å². The molecule has 3 N–H and O–H groups in total. The van der Waals surface area contributed by atoms with Gasteiger partial charge in [0.25, 0.3) is 5.91 Å². The van der Waals surface area contributed by atoms with Gasteiger partial charge in [0.2, 0.25) is 5.91 Å². The number of likely N-dealkylation sites (tertiary alicyclic amines) is 1. The van der Waals surface area contributed by atoms with Gasteiger partial charge in [0.15, 0.2) is 23.1 Å². The number of methoxy groups -OCH3 is 1. The second-order valence-corrected chi connectivity index (χ2v) is 11.4. The molecule has 3 aromatic rings. The lowest BCUT2D eigenvalue weighted by Crippen LogP contribution is -2.52. The number of amides is 3. The summed E-state index contributed by atoms with van der Waals surface area (Å²) in [5, 5.41) is 21.2. The molecule has 5 rings (SSSR count). The zero-order valence-corrected chi connectivity index (χ0v) is 24.3. The number of hydrogen-bond donors (Lipinski definition) is 3. The first-order valence-electron chi connectivity index (χ1n) is 13.8. The molecule has 14 heteroatoms. The van der Waals surface area contributed by atoms with Gasteiger partial charge in [-0.1, -0.05) is 6.07 Å². The van der Waals surface area contributed by atoms with Crippen LogP contribution in [0.5, 0.6) is 5.75 Å². The predicted octanol–water partition coefficient (Wildman–Crippen LogP) is 3.06. The van der Waals surface area contributed by atoms with Crippen molar-refractivity contribution in [2.75, 3.05) is 37.9 Å². The molecular weight excluding hydrogens is 542 g/mol. The van der Waals surface area contributed by atoms with E-state index in [9.17, 15) is 14.4 Å². The van der Waals surface area contributed by atoms with Crippen molar-refractivity contribution in [1.82, 2.24) is 35.2 Å². The summed E-state index contributed by atoms with van der Waals surface area (Å²) in [4.78, 5) is 43.2. The van der Waals surface area contributed by atoms with E-state index in [1.165, 1.54) is 14.2 Å². The van der Waals surface area contributed by atoms with Gasteiger partial charge in [-0.25, -0.2) is 9.78 Å². The SMILES string of the molecule is CNC(=O)c1nnc(NC(=O)C2CC2)cc1Nc1cccc(-c2ncn(CC3CN(C(=O)OC(C)(C)C)C3)n2)c1OC. The van der Waals surface area contributed by atoms with Crippen molar-refractivity contribution in [3.63, 3.8) is 0 Å². The van der Waals surface area contributed by atoms with E-state index >= 15 is 0 Å². The minimum Gasteiger partial charge on any atom is -0.494 e. The number of benzene rings is 1. The molecule has 0 bridgehead atoms. The van der Waals surface area contributed by atoms with E-state index in [-0.39, 0.29) is 35.3 Å². The van der Waals surface area contributed by atoms with Crippen molar-refractivity contribution in [1.29, 1.82) is 0 Å². The van der Waals surface area contributed by atoms with Crippen molar-refractivity contribution in [2.45, 2.75) is 45.8 Å². The molecular formula is C28H35N9O5. The molecule has 1 saturated heterocycles. The van der Waals surface area contributed by atoms with E-state index in [0.29, 0.717) is 48.1 Å². The number of rotatable bonds is 9. The number of para-hydroxylation sites is 1. The number of ether oxygens (including phenoxy) is 2. The summed E-state index contributed by atoms with van der Waals surface area (Å²) in [5.41, 5.74) is 1.03. The van der Waals surface area contributed by atoms with Crippen LogP contribution in [-0.4, -0.2) is 80.6 Å². The van der Waals surface area contributed by atoms with E-state index in [0.717, 1.165) is 12.8 Å². The summed E-state index contributed by atoms with van der Waals surface area (Å²) < 4.78 is 12.9. The third-order valence-corrected chi connectivity index (χ3v) is 6.76. The first-order chi connectivity index (χ1) is 20.0. The highest BCUT2D eigenvalue weighted by atomic mass is 16.6. The average Bonchev–Trinajstić information content (AvgIpc) is 3.67. The normalized spacial score (nSPS) is 15.0. The molecule has 0 unspecified atom stereocenters. The van der Waals surface area contributed by atoms with E-state index in [1.807, 2.05) is 32.9 Å². The van der Waals surface area contributed by atoms with Crippen LogP contribution in [0.3, 0.4) is 0 Å². The van der Waals surface area contributed by atoms with Crippen LogP contribution in [0.2, 0.25) is 0 Å². The monoisotopic (exact) mass is 577 g/mol. The van der Waals surface area contributed by atoms with Crippen molar-refractivity contribution < 1.29 is 23.9 Å². The lowest BCUT2D eigenvalue weighted by Gasteiger charge is -2.39. The van der Waals surface area contributed by atoms with Crippen molar-refractivity contribution in [2.24, 2.45) is 11.8 Å². The molecule has 2 aliphatic rings. The van der Waals surface area contributed by atoms with Crippen LogP contribution in [0, 0.1) is 11.8 Å². The number of nitrogens with zero attached hydrogens (tertiary/aromatic N) is 6. The van der Waals surface area contributed by atoms with Crippen LogP contribution in [0.15, 0.2) is 30.6 Å². The number of aromatic nitrogens is 5. The zero-order chi connectivity index (χ0) is 30.0. The minimum absolute atomic E-state index is 0.0147. The van der Waals surface area contributed by atoms with Crippen molar-refractivity contribution in [3.05, 3.63) is 36.3 Å². The molecule has 1 aliphatic heterocycles. The van der Waals surface area contributed by atoms with E-state index in [4.69, 9.17) is 9.47 Å². The highest BCUT2D eigenvalue weighted by Gasteiger charge is 2.34. The second kappa shape index (κ2) is 11.6. The summed E-state index contributed by atoms with van der Waals surface area (Å²) in [6.45, 7) is 7.31. The molecule has 3 heterocycles. The van der Waals surface area contributed by atoms with Gasteiger partial charge in [0.05, 0.1) is 24.0 Å². The quantitative estimate of drug-likeness (QED) is 0.344. The fourth-order valence-electron chi connectivity index (χ4n) is 4.52. The Labute approximate surface area is 243 Å². The smallest absolute Gasteiger partial charge is 0.410 e. The maximum absolute atomic E-state index is 12.5. The third-order valence-electron chi connectivity index (χ3n) is 6.76. The van der Waals surface area contributed by atoms with Crippen molar-refractivity contribution in [3.8, 4) is 17.1 Å². The van der Waals surface area contributed by atoms with Crippen molar-refractivity contribution >= 4 is 35.1 Å². The molecule has 14 nitrogen and oxygen atoms in total. The molecule has 2 aromatic heterocycles. The van der Waals surface area contributed by atoms with Gasteiger partial charge in [-0.3, -0.25) is 14.3 Å². The molecule has 0 atom stereocenters. The lowest BCUT2D eigenvalue weighted by molar-refractivity contribution is -0.117. The first-order valence-corrected chi connectivity index (χ1v) is 13.8. The van der Waals surface area contributed by atoms with Gasteiger partial charge in [-0.2, -0.15) is 5.10 Å². The fourth-order valence-corrected chi connectivity index (χ4v) is 4.52. The highest BCUT2D eigenvalue weighted by molar-refractivity contribution is 6.00. The van der Waals surface area contributed by atoms with Gasteiger partial charge in [-0.15, -0.1) is 10.2 Å². The molecule has 42 heavy (non-hydrogen) atoms. The number of hydrogen-bond acceptors (Lipinski definition) is 10. The van der Waals surface area contributed by atoms with E-state index in [1.54, 1.807) is 28.0 Å². The Bertz CT molecular complexity index is 1490. The van der Waals surface area contributed by atoms with Crippen LogP contribution in [-0.2, 0) is 16.1 Å². The Morgan fingerprint density at radius 1 is 1.10 bits per heavy atom. The topological polar surface area (TPSA) is 165 Å². The van der Waals surface area contributed by atoms with Crippen LogP contribution >= 0.6 is 0 Å². The Balaban J connectivity index is 1.32. The number of carbonyl (C=O) groups excluding carboxylic acids is 3. The number of carbonyl (C=O) groups is 3. The van der Waals surface area contributed by atoms with Crippen LogP contribution in [0.4, 0.5) is 22.0 Å². The summed E-state index contributed by atoms with van der Waals surface area (Å²) >= 11 is 0. The summed E-state index contributed by atoms with van der Waals surface area (Å²) in [6.07, 6.45) is 3.03. The summed E-state index contributed by atoms with van der Waals surface area (Å²) in [6, 6.07) is 7.00. The Hall–Kier alpha value is -4.75. The maximum Gasteiger partial charge on any atom is 0.410 e. The van der Waals surface area contributed by atoms with E-state index < -0.39 is 11.5 Å². The summed E-state index contributed by atoms with van der Waals surface area (Å²) in [7, 11) is 3.03. The fraction of sp³-hybridized carbons (Fsp3) is 0.464. The largest absolute Gasteiger partial charge is 0.494 e. The molecule has 222 valence electrons. The Morgan fingerprint density at radius 3 is 2.52 bits per heavy atom. The molecule has 0 spiro atoms. The molecule has 3 amide bonds. The second-order valence-electron chi connectivity index (χ2n) is 11.4. The van der Waals surface area contributed by atoms with E-state index in [2.05, 4.69) is 36.2 Å². The van der Waals surface area contributed by atoms with Crippen LogP contribution in [0.1, 0.15) is 44.1 Å². The van der Waals surface area contributed by atoms with Gasteiger partial charge >= 0.3 is 6.09 Å². The molecule has 2 fully saturated rings. The predicted molar refractivity (Wildman–Crippen MR) is 153 cm³/mol. The third kappa shape index (κ3) is 6.58. The molecule has 1 saturated carbocycles. The Kier molecular flexibility index (Phi) is 7.96. The zero-order valence-electron chi connectivity index (χ0n) is 24.3. The van der Waals surface area contributed by atoms with Gasteiger partial charge in [0.1, 0.15) is 11.9 Å². The van der Waals surface area contributed by atoms with Crippen LogP contribution in [0.25, 0.3) is 11.4 Å². The first kappa shape index (κ1) is 28.8. The summed E-state index contributed by atoms with van der Waals surface area (Å²) in [5.74, 6) is 0.802.